The average Bonchev–Trinajstić information content (AvgIpc) is 2.58. The van der Waals surface area contributed by atoms with Crippen LogP contribution in [0.2, 0.25) is 0 Å². The Balaban J connectivity index is 2.15. The number of amides is 1. The molecule has 1 amide bonds. The van der Waals surface area contributed by atoms with Gasteiger partial charge in [0.25, 0.3) is 5.91 Å². The molecule has 6 heteroatoms. The number of ether oxygens (including phenoxy) is 2. The van der Waals surface area contributed by atoms with E-state index in [0.717, 1.165) is 11.6 Å². The Hall–Kier alpha value is -2.89. The fraction of sp³-hybridized carbons (Fsp3) is 0.176. The molecular weight excluding hydrogens is 299 g/mol. The summed E-state index contributed by atoms with van der Waals surface area (Å²) in [4.78, 5) is 11.9. The number of methoxy groups -OCH3 is 2. The van der Waals surface area contributed by atoms with Crippen LogP contribution in [0.25, 0.3) is 0 Å². The molecule has 0 saturated carbocycles. The summed E-state index contributed by atoms with van der Waals surface area (Å²) in [5.74, 6) is 0.214. The molecule has 0 fully saturated rings. The predicted octanol–water partition coefficient (Wildman–Crippen LogP) is 3.00. The van der Waals surface area contributed by atoms with Crippen LogP contribution in [0.1, 0.15) is 22.8 Å². The number of hydrogen-bond donors (Lipinski definition) is 1. The Morgan fingerprint density at radius 1 is 1.04 bits per heavy atom. The smallest absolute Gasteiger partial charge is 0.271 e. The standard InChI is InChI=1S/C17H17FN2O3/c1-11(12-7-8-15(22-2)16(10-12)23-3)19-20-17(21)13-5-4-6-14(18)9-13/h4-10H,1-3H3,(H,20,21). The van der Waals surface area contributed by atoms with Gasteiger partial charge in [0.2, 0.25) is 0 Å². The molecule has 0 unspecified atom stereocenters. The summed E-state index contributed by atoms with van der Waals surface area (Å²) in [5, 5.41) is 4.03. The molecule has 2 rings (SSSR count). The van der Waals surface area contributed by atoms with Crippen LogP contribution in [0.5, 0.6) is 11.5 Å². The van der Waals surface area contributed by atoms with E-state index in [1.807, 2.05) is 0 Å². The lowest BCUT2D eigenvalue weighted by atomic mass is 10.1. The van der Waals surface area contributed by atoms with Gasteiger partial charge in [0, 0.05) is 11.1 Å². The molecule has 120 valence electrons. The summed E-state index contributed by atoms with van der Waals surface area (Å²) in [5.41, 5.74) is 3.95. The van der Waals surface area contributed by atoms with Gasteiger partial charge in [0.1, 0.15) is 5.82 Å². The van der Waals surface area contributed by atoms with E-state index in [2.05, 4.69) is 10.5 Å². The zero-order chi connectivity index (χ0) is 16.8. The highest BCUT2D eigenvalue weighted by molar-refractivity contribution is 6.01. The van der Waals surface area contributed by atoms with E-state index in [4.69, 9.17) is 9.47 Å². The van der Waals surface area contributed by atoms with Crippen molar-refractivity contribution >= 4 is 11.6 Å². The zero-order valence-electron chi connectivity index (χ0n) is 13.1. The van der Waals surface area contributed by atoms with Crippen molar-refractivity contribution in [3.63, 3.8) is 0 Å². The van der Waals surface area contributed by atoms with Gasteiger partial charge in [-0.1, -0.05) is 6.07 Å². The van der Waals surface area contributed by atoms with Gasteiger partial charge >= 0.3 is 0 Å². The maximum Gasteiger partial charge on any atom is 0.271 e. The van der Waals surface area contributed by atoms with Crippen molar-refractivity contribution in [3.8, 4) is 11.5 Å². The number of carbonyl (C=O) groups is 1. The van der Waals surface area contributed by atoms with Crippen LogP contribution in [0.15, 0.2) is 47.6 Å². The van der Waals surface area contributed by atoms with Crippen LogP contribution in [0.4, 0.5) is 4.39 Å². The van der Waals surface area contributed by atoms with E-state index in [9.17, 15) is 9.18 Å². The van der Waals surface area contributed by atoms with Crippen LogP contribution in [-0.4, -0.2) is 25.8 Å². The number of nitrogens with zero attached hydrogens (tertiary/aromatic N) is 1. The fourth-order valence-electron chi connectivity index (χ4n) is 1.95. The molecule has 2 aromatic rings. The molecule has 0 aliphatic rings. The van der Waals surface area contributed by atoms with Crippen molar-refractivity contribution < 1.29 is 18.7 Å². The largest absolute Gasteiger partial charge is 0.493 e. The Labute approximate surface area is 133 Å². The number of halogens is 1. The molecule has 0 spiro atoms. The van der Waals surface area contributed by atoms with Gasteiger partial charge in [-0.25, -0.2) is 9.82 Å². The molecule has 0 radical (unpaired) electrons. The maximum absolute atomic E-state index is 13.1. The molecule has 0 atom stereocenters. The lowest BCUT2D eigenvalue weighted by molar-refractivity contribution is 0.0954. The number of hydrazone groups is 1. The SMILES string of the molecule is COc1ccc(C(C)=NNC(=O)c2cccc(F)c2)cc1OC. The first-order valence-corrected chi connectivity index (χ1v) is 6.87. The van der Waals surface area contributed by atoms with Gasteiger partial charge in [0.15, 0.2) is 11.5 Å². The van der Waals surface area contributed by atoms with Gasteiger partial charge in [0.05, 0.1) is 19.9 Å². The summed E-state index contributed by atoms with van der Waals surface area (Å²) >= 11 is 0. The van der Waals surface area contributed by atoms with Crippen LogP contribution in [0, 0.1) is 5.82 Å². The van der Waals surface area contributed by atoms with Crippen LogP contribution in [0.3, 0.4) is 0 Å². The first kappa shape index (κ1) is 16.5. The third-order valence-electron chi connectivity index (χ3n) is 3.21. The van der Waals surface area contributed by atoms with Crippen LogP contribution < -0.4 is 14.9 Å². The molecule has 1 N–H and O–H groups in total. The number of benzene rings is 2. The van der Waals surface area contributed by atoms with Crippen LogP contribution in [-0.2, 0) is 0 Å². The van der Waals surface area contributed by atoms with Crippen molar-refractivity contribution in [2.75, 3.05) is 14.2 Å². The summed E-state index contributed by atoms with van der Waals surface area (Å²) in [7, 11) is 3.09. The molecule has 23 heavy (non-hydrogen) atoms. The highest BCUT2D eigenvalue weighted by Crippen LogP contribution is 2.27. The molecule has 0 saturated heterocycles. The second-order valence-corrected chi connectivity index (χ2v) is 4.72. The van der Waals surface area contributed by atoms with Crippen LogP contribution >= 0.6 is 0 Å². The van der Waals surface area contributed by atoms with Crippen molar-refractivity contribution in [2.45, 2.75) is 6.92 Å². The normalized spacial score (nSPS) is 11.0. The summed E-state index contributed by atoms with van der Waals surface area (Å²) < 4.78 is 23.5. The van der Waals surface area contributed by atoms with E-state index in [0.29, 0.717) is 17.2 Å². The lowest BCUT2D eigenvalue weighted by Gasteiger charge is -2.09. The Kier molecular flexibility index (Phi) is 5.30. The highest BCUT2D eigenvalue weighted by atomic mass is 19.1. The quantitative estimate of drug-likeness (QED) is 0.681. The average molecular weight is 316 g/mol. The van der Waals surface area contributed by atoms with E-state index in [1.54, 1.807) is 39.3 Å². The summed E-state index contributed by atoms with van der Waals surface area (Å²) in [6, 6.07) is 10.7. The minimum absolute atomic E-state index is 0.203. The third-order valence-corrected chi connectivity index (χ3v) is 3.21. The molecule has 0 aliphatic carbocycles. The van der Waals surface area contributed by atoms with Crippen molar-refractivity contribution in [1.82, 2.24) is 5.43 Å². The molecule has 5 nitrogen and oxygen atoms in total. The Morgan fingerprint density at radius 3 is 2.43 bits per heavy atom. The van der Waals surface area contributed by atoms with E-state index in [1.165, 1.54) is 18.2 Å². The fourth-order valence-corrected chi connectivity index (χ4v) is 1.95. The number of hydrogen-bond acceptors (Lipinski definition) is 4. The van der Waals surface area contributed by atoms with Crippen molar-refractivity contribution in [3.05, 3.63) is 59.4 Å². The van der Waals surface area contributed by atoms with Crippen molar-refractivity contribution in [2.24, 2.45) is 5.10 Å². The van der Waals surface area contributed by atoms with Crippen molar-refractivity contribution in [1.29, 1.82) is 0 Å². The molecule has 0 bridgehead atoms. The van der Waals surface area contributed by atoms with Gasteiger partial charge in [-0.15, -0.1) is 0 Å². The molecule has 0 heterocycles. The first-order valence-electron chi connectivity index (χ1n) is 6.87. The topological polar surface area (TPSA) is 59.9 Å². The number of carbonyl (C=O) groups excluding carboxylic acids is 1. The summed E-state index contributed by atoms with van der Waals surface area (Å²) in [6.45, 7) is 1.74. The predicted molar refractivity (Wildman–Crippen MR) is 85.6 cm³/mol. The molecular formula is C17H17FN2O3. The maximum atomic E-state index is 13.1. The second-order valence-electron chi connectivity index (χ2n) is 4.72. The van der Waals surface area contributed by atoms with E-state index in [-0.39, 0.29) is 5.56 Å². The first-order chi connectivity index (χ1) is 11.0. The number of rotatable bonds is 5. The van der Waals surface area contributed by atoms with Gasteiger partial charge in [-0.2, -0.15) is 5.10 Å². The van der Waals surface area contributed by atoms with Gasteiger partial charge in [-0.05, 0) is 43.3 Å². The van der Waals surface area contributed by atoms with Gasteiger partial charge < -0.3 is 9.47 Å². The summed E-state index contributed by atoms with van der Waals surface area (Å²) in [6.07, 6.45) is 0. The number of nitrogens with one attached hydrogen (secondary N) is 1. The lowest BCUT2D eigenvalue weighted by Crippen LogP contribution is -2.19. The minimum atomic E-state index is -0.482. The van der Waals surface area contributed by atoms with E-state index >= 15 is 0 Å². The molecule has 2 aromatic carbocycles. The second kappa shape index (κ2) is 7.40. The Morgan fingerprint density at radius 2 is 1.78 bits per heavy atom. The molecule has 0 aromatic heterocycles. The highest BCUT2D eigenvalue weighted by Gasteiger charge is 2.08. The Bertz CT molecular complexity index is 744. The zero-order valence-corrected chi connectivity index (χ0v) is 13.1. The van der Waals surface area contributed by atoms with E-state index < -0.39 is 11.7 Å². The minimum Gasteiger partial charge on any atom is -0.493 e. The van der Waals surface area contributed by atoms with Gasteiger partial charge in [-0.3, -0.25) is 4.79 Å². The monoisotopic (exact) mass is 316 g/mol. The third kappa shape index (κ3) is 4.06. The molecule has 0 aliphatic heterocycles.